The maximum Gasteiger partial charge on any atom is 0.223 e. The van der Waals surface area contributed by atoms with Crippen molar-refractivity contribution in [3.63, 3.8) is 0 Å². The minimum Gasteiger partial charge on any atom is -0.368 e. The predicted molar refractivity (Wildman–Crippen MR) is 80.8 cm³/mol. The third-order valence-electron chi connectivity index (χ3n) is 2.75. The van der Waals surface area contributed by atoms with E-state index in [2.05, 4.69) is 51.7 Å². The van der Waals surface area contributed by atoms with Crippen molar-refractivity contribution in [2.45, 2.75) is 33.1 Å². The highest BCUT2D eigenvalue weighted by molar-refractivity contribution is 9.10. The molecule has 0 atom stereocenters. The highest BCUT2D eigenvalue weighted by Crippen LogP contribution is 2.25. The summed E-state index contributed by atoms with van der Waals surface area (Å²) in [7, 11) is 0. The molecule has 0 aliphatic heterocycles. The lowest BCUT2D eigenvalue weighted by molar-refractivity contribution is 0.544. The first kappa shape index (κ1) is 13.9. The number of aromatic nitrogens is 3. The number of nitrogen functional groups attached to an aromatic ring is 1. The minimum atomic E-state index is -0.159. The van der Waals surface area contributed by atoms with Crippen LogP contribution in [-0.2, 0) is 5.41 Å². The summed E-state index contributed by atoms with van der Waals surface area (Å²) in [5.41, 5.74) is 7.72. The molecule has 0 aliphatic rings. The maximum atomic E-state index is 5.79. The zero-order valence-electron chi connectivity index (χ0n) is 11.5. The molecule has 2 N–H and O–H groups in total. The average Bonchev–Trinajstić information content (AvgIpc) is 2.31. The van der Waals surface area contributed by atoms with E-state index >= 15 is 0 Å². The van der Waals surface area contributed by atoms with Gasteiger partial charge in [0, 0.05) is 15.5 Å². The first-order valence-electron chi connectivity index (χ1n) is 6.06. The fourth-order valence-electron chi connectivity index (χ4n) is 1.59. The van der Waals surface area contributed by atoms with Crippen molar-refractivity contribution in [3.8, 4) is 11.4 Å². The van der Waals surface area contributed by atoms with Crippen LogP contribution in [-0.4, -0.2) is 15.0 Å². The van der Waals surface area contributed by atoms with Crippen LogP contribution in [0.4, 0.5) is 5.95 Å². The molecule has 5 heteroatoms. The largest absolute Gasteiger partial charge is 0.368 e. The molecule has 0 aliphatic carbocycles. The predicted octanol–water partition coefficient (Wildman–Crippen LogP) is 3.49. The van der Waals surface area contributed by atoms with E-state index in [1.807, 2.05) is 25.1 Å². The second-order valence-electron chi connectivity index (χ2n) is 5.55. The lowest BCUT2D eigenvalue weighted by Crippen LogP contribution is -2.18. The van der Waals surface area contributed by atoms with E-state index in [0.717, 1.165) is 10.0 Å². The van der Waals surface area contributed by atoms with Crippen LogP contribution in [0.2, 0.25) is 0 Å². The first-order valence-corrected chi connectivity index (χ1v) is 6.85. The van der Waals surface area contributed by atoms with Crippen molar-refractivity contribution < 1.29 is 0 Å². The Morgan fingerprint density at radius 3 is 2.37 bits per heavy atom. The van der Waals surface area contributed by atoms with E-state index < -0.39 is 0 Å². The monoisotopic (exact) mass is 320 g/mol. The highest BCUT2D eigenvalue weighted by Gasteiger charge is 2.19. The van der Waals surface area contributed by atoms with Crippen LogP contribution < -0.4 is 5.73 Å². The van der Waals surface area contributed by atoms with E-state index in [9.17, 15) is 0 Å². The Kier molecular flexibility index (Phi) is 3.58. The quantitative estimate of drug-likeness (QED) is 0.873. The summed E-state index contributed by atoms with van der Waals surface area (Å²) >= 11 is 3.52. The van der Waals surface area contributed by atoms with Crippen LogP contribution in [0.25, 0.3) is 11.4 Å². The summed E-state index contributed by atoms with van der Waals surface area (Å²) in [5, 5.41) is 0. The Morgan fingerprint density at radius 2 is 1.79 bits per heavy atom. The van der Waals surface area contributed by atoms with Gasteiger partial charge in [0.25, 0.3) is 0 Å². The molecular weight excluding hydrogens is 304 g/mol. The van der Waals surface area contributed by atoms with Crippen molar-refractivity contribution in [3.05, 3.63) is 34.1 Å². The Balaban J connectivity index is 2.56. The molecule has 0 saturated heterocycles. The van der Waals surface area contributed by atoms with Crippen LogP contribution in [0, 0.1) is 6.92 Å². The molecule has 1 aromatic heterocycles. The Labute approximate surface area is 121 Å². The van der Waals surface area contributed by atoms with Crippen molar-refractivity contribution in [2.24, 2.45) is 0 Å². The first-order chi connectivity index (χ1) is 8.77. The molecule has 0 bridgehead atoms. The standard InChI is InChI=1S/C14H17BrN4/c1-8-5-6-9(7-10(8)15)11-17-12(14(2,3)4)19-13(16)18-11/h5-7H,1-4H3,(H2,16,17,18,19). The molecule has 0 radical (unpaired) electrons. The molecule has 1 heterocycles. The zero-order chi connectivity index (χ0) is 14.2. The lowest BCUT2D eigenvalue weighted by atomic mass is 9.96. The number of aryl methyl sites for hydroxylation is 1. The second kappa shape index (κ2) is 4.89. The van der Waals surface area contributed by atoms with Gasteiger partial charge in [0.05, 0.1) is 0 Å². The molecule has 0 fully saturated rings. The number of rotatable bonds is 1. The van der Waals surface area contributed by atoms with Gasteiger partial charge in [0.1, 0.15) is 5.82 Å². The number of benzene rings is 1. The Hall–Kier alpha value is -1.49. The van der Waals surface area contributed by atoms with Gasteiger partial charge < -0.3 is 5.73 Å². The Bertz CT molecular complexity index is 617. The van der Waals surface area contributed by atoms with Gasteiger partial charge in [-0.1, -0.05) is 48.8 Å². The summed E-state index contributed by atoms with van der Waals surface area (Å²) in [4.78, 5) is 13.0. The molecular formula is C14H17BrN4. The number of halogens is 1. The van der Waals surface area contributed by atoms with Crippen LogP contribution in [0.3, 0.4) is 0 Å². The van der Waals surface area contributed by atoms with Gasteiger partial charge in [0.15, 0.2) is 5.82 Å². The van der Waals surface area contributed by atoms with Crippen LogP contribution in [0.15, 0.2) is 22.7 Å². The van der Waals surface area contributed by atoms with Gasteiger partial charge in [0.2, 0.25) is 5.95 Å². The van der Waals surface area contributed by atoms with Gasteiger partial charge in [-0.25, -0.2) is 4.98 Å². The molecule has 100 valence electrons. The van der Waals surface area contributed by atoms with Gasteiger partial charge in [-0.3, -0.25) is 0 Å². The average molecular weight is 321 g/mol. The zero-order valence-corrected chi connectivity index (χ0v) is 13.1. The number of hydrogen-bond acceptors (Lipinski definition) is 4. The third-order valence-corrected chi connectivity index (χ3v) is 3.61. The van der Waals surface area contributed by atoms with Gasteiger partial charge in [-0.2, -0.15) is 9.97 Å². The summed E-state index contributed by atoms with van der Waals surface area (Å²) in [6, 6.07) is 6.01. The molecule has 1 aromatic carbocycles. The summed E-state index contributed by atoms with van der Waals surface area (Å²) < 4.78 is 1.03. The third kappa shape index (κ3) is 3.10. The normalized spacial score (nSPS) is 11.6. The number of nitrogens with zero attached hydrogens (tertiary/aromatic N) is 3. The fourth-order valence-corrected chi connectivity index (χ4v) is 1.97. The van der Waals surface area contributed by atoms with Gasteiger partial charge in [-0.05, 0) is 18.6 Å². The smallest absolute Gasteiger partial charge is 0.223 e. The van der Waals surface area contributed by atoms with Gasteiger partial charge >= 0.3 is 0 Å². The summed E-state index contributed by atoms with van der Waals surface area (Å²) in [6.45, 7) is 8.19. The summed E-state index contributed by atoms with van der Waals surface area (Å²) in [6.07, 6.45) is 0. The van der Waals surface area contributed by atoms with Crippen LogP contribution in [0.5, 0.6) is 0 Å². The molecule has 19 heavy (non-hydrogen) atoms. The Morgan fingerprint density at radius 1 is 1.11 bits per heavy atom. The second-order valence-corrected chi connectivity index (χ2v) is 6.41. The topological polar surface area (TPSA) is 64.7 Å². The van der Waals surface area contributed by atoms with Crippen LogP contribution in [0.1, 0.15) is 32.2 Å². The van der Waals surface area contributed by atoms with E-state index in [1.165, 1.54) is 5.56 Å². The molecule has 2 rings (SSSR count). The van der Waals surface area contributed by atoms with E-state index in [0.29, 0.717) is 11.6 Å². The van der Waals surface area contributed by atoms with Gasteiger partial charge in [-0.15, -0.1) is 0 Å². The maximum absolute atomic E-state index is 5.79. The van der Waals surface area contributed by atoms with Crippen molar-refractivity contribution in [1.82, 2.24) is 15.0 Å². The molecule has 0 amide bonds. The van der Waals surface area contributed by atoms with Crippen molar-refractivity contribution in [2.75, 3.05) is 5.73 Å². The van der Waals surface area contributed by atoms with Crippen molar-refractivity contribution >= 4 is 21.9 Å². The SMILES string of the molecule is Cc1ccc(-c2nc(N)nc(C(C)(C)C)n2)cc1Br. The van der Waals surface area contributed by atoms with Crippen molar-refractivity contribution in [1.29, 1.82) is 0 Å². The number of nitrogens with two attached hydrogens (primary N) is 1. The number of anilines is 1. The molecule has 2 aromatic rings. The van der Waals surface area contributed by atoms with E-state index in [1.54, 1.807) is 0 Å². The highest BCUT2D eigenvalue weighted by atomic mass is 79.9. The van der Waals surface area contributed by atoms with E-state index in [-0.39, 0.29) is 11.4 Å². The minimum absolute atomic E-state index is 0.159. The molecule has 4 nitrogen and oxygen atoms in total. The molecule has 0 saturated carbocycles. The molecule has 0 spiro atoms. The number of hydrogen-bond donors (Lipinski definition) is 1. The molecule has 0 unspecified atom stereocenters. The fraction of sp³-hybridized carbons (Fsp3) is 0.357. The summed E-state index contributed by atoms with van der Waals surface area (Å²) in [5.74, 6) is 1.57. The lowest BCUT2D eigenvalue weighted by Gasteiger charge is -2.17. The van der Waals surface area contributed by atoms with E-state index in [4.69, 9.17) is 5.73 Å². The van der Waals surface area contributed by atoms with Crippen LogP contribution >= 0.6 is 15.9 Å².